The van der Waals surface area contributed by atoms with Gasteiger partial charge in [0, 0.05) is 5.41 Å². The number of phosphoric ester groups is 1. The zero-order chi connectivity index (χ0) is 10.7. The second-order valence-electron chi connectivity index (χ2n) is 3.23. The molecule has 0 spiro atoms. The Labute approximate surface area is 81.3 Å². The van der Waals surface area contributed by atoms with Gasteiger partial charge in [-0.25, -0.2) is 4.57 Å². The zero-order valence-corrected chi connectivity index (χ0v) is 9.01. The Morgan fingerprint density at radius 2 is 2.00 bits per heavy atom. The number of halogens is 1. The average Bonchev–Trinajstić information content (AvgIpc) is 1.82. The summed E-state index contributed by atoms with van der Waals surface area (Å²) in [5.41, 5.74) is -0.823. The summed E-state index contributed by atoms with van der Waals surface area (Å²) in [6.07, 6.45) is 0.167. The molecule has 5 nitrogen and oxygen atoms in total. The smallest absolute Gasteiger partial charge is 0.303 e. The molecule has 0 unspecified atom stereocenters. The maximum atomic E-state index is 10.7. The fourth-order valence-electron chi connectivity index (χ4n) is 0.518. The van der Waals surface area contributed by atoms with E-state index in [0.29, 0.717) is 0 Å². The lowest BCUT2D eigenvalue weighted by molar-refractivity contribution is -0.119. The van der Waals surface area contributed by atoms with Crippen molar-refractivity contribution in [1.29, 1.82) is 0 Å². The van der Waals surface area contributed by atoms with Crippen molar-refractivity contribution in [2.45, 2.75) is 20.3 Å². The van der Waals surface area contributed by atoms with Gasteiger partial charge in [-0.05, 0) is 18.0 Å². The largest absolute Gasteiger partial charge is 0.469 e. The van der Waals surface area contributed by atoms with E-state index < -0.39 is 18.5 Å². The first-order valence-electron chi connectivity index (χ1n) is 3.55. The highest BCUT2D eigenvalue weighted by Crippen LogP contribution is 2.37. The lowest BCUT2D eigenvalue weighted by atomic mass is 9.92. The van der Waals surface area contributed by atoms with Gasteiger partial charge in [-0.3, -0.25) is 9.32 Å². The number of carbonyl (C=O) groups excluding carboxylic acids is 1. The van der Waals surface area contributed by atoms with Crippen LogP contribution in [-0.4, -0.2) is 21.6 Å². The molecule has 0 aliphatic carbocycles. The second-order valence-corrected chi connectivity index (χ2v) is 4.81. The van der Waals surface area contributed by atoms with Crippen molar-refractivity contribution in [1.82, 2.24) is 0 Å². The molecule has 0 aromatic carbocycles. The Bertz CT molecular complexity index is 233. The van der Waals surface area contributed by atoms with Gasteiger partial charge in [-0.2, -0.15) is 0 Å². The first-order valence-corrected chi connectivity index (χ1v) is 5.46. The maximum absolute atomic E-state index is 10.7. The third-order valence-electron chi connectivity index (χ3n) is 1.52. The maximum Gasteiger partial charge on any atom is 0.469 e. The lowest BCUT2D eigenvalue weighted by Gasteiger charge is -2.18. The zero-order valence-electron chi connectivity index (χ0n) is 7.36. The first-order chi connectivity index (χ1) is 5.65. The van der Waals surface area contributed by atoms with E-state index in [4.69, 9.17) is 21.4 Å². The van der Waals surface area contributed by atoms with Gasteiger partial charge in [0.25, 0.3) is 0 Å². The van der Waals surface area contributed by atoms with Crippen molar-refractivity contribution < 1.29 is 23.7 Å². The van der Waals surface area contributed by atoms with Crippen molar-refractivity contribution in [2.75, 3.05) is 6.61 Å². The van der Waals surface area contributed by atoms with Crippen molar-refractivity contribution in [3.63, 3.8) is 0 Å². The van der Waals surface area contributed by atoms with E-state index in [-0.39, 0.29) is 13.0 Å². The summed E-state index contributed by atoms with van der Waals surface area (Å²) in [6.45, 7) is 2.95. The SMILES string of the molecule is CC(C)(CCOP(=O)(O)O)C(=O)Cl. The Kier molecular flexibility index (Phi) is 4.55. The van der Waals surface area contributed by atoms with Gasteiger partial charge in [0.1, 0.15) is 0 Å². The third-order valence-corrected chi connectivity index (χ3v) is 2.55. The van der Waals surface area contributed by atoms with Gasteiger partial charge >= 0.3 is 7.82 Å². The number of hydrogen-bond acceptors (Lipinski definition) is 3. The van der Waals surface area contributed by atoms with Crippen LogP contribution in [0.4, 0.5) is 0 Å². The van der Waals surface area contributed by atoms with Gasteiger partial charge in [-0.1, -0.05) is 13.8 Å². The van der Waals surface area contributed by atoms with Crippen LogP contribution in [0.25, 0.3) is 0 Å². The fourth-order valence-corrected chi connectivity index (χ4v) is 0.942. The molecule has 0 amide bonds. The summed E-state index contributed by atoms with van der Waals surface area (Å²) < 4.78 is 14.4. The van der Waals surface area contributed by atoms with Gasteiger partial charge in [0.2, 0.25) is 5.24 Å². The number of phosphoric acid groups is 1. The molecular weight excluding hydrogens is 218 g/mol. The highest BCUT2D eigenvalue weighted by molar-refractivity contribution is 7.46. The predicted molar refractivity (Wildman–Crippen MR) is 47.3 cm³/mol. The van der Waals surface area contributed by atoms with Crippen LogP contribution in [0.5, 0.6) is 0 Å². The molecule has 0 aliphatic rings. The van der Waals surface area contributed by atoms with Gasteiger partial charge in [0.05, 0.1) is 6.61 Å². The summed E-state index contributed by atoms with van der Waals surface area (Å²) >= 11 is 5.23. The van der Waals surface area contributed by atoms with Crippen molar-refractivity contribution >= 4 is 24.7 Å². The molecule has 2 N–H and O–H groups in total. The van der Waals surface area contributed by atoms with E-state index in [9.17, 15) is 9.36 Å². The molecule has 0 fully saturated rings. The van der Waals surface area contributed by atoms with E-state index in [1.165, 1.54) is 0 Å². The molecule has 0 rings (SSSR count). The van der Waals surface area contributed by atoms with Crippen LogP contribution < -0.4 is 0 Å². The molecule has 7 heteroatoms. The van der Waals surface area contributed by atoms with Crippen LogP contribution in [-0.2, 0) is 13.9 Å². The predicted octanol–water partition coefficient (Wildman–Crippen LogP) is 1.28. The molecule has 0 saturated heterocycles. The monoisotopic (exact) mass is 230 g/mol. The Hall–Kier alpha value is 0.0700. The highest BCUT2D eigenvalue weighted by Gasteiger charge is 2.26. The van der Waals surface area contributed by atoms with Crippen molar-refractivity contribution in [2.24, 2.45) is 5.41 Å². The summed E-state index contributed by atoms with van der Waals surface area (Å²) in [5, 5.41) is -0.554. The fraction of sp³-hybridized carbons (Fsp3) is 0.833. The van der Waals surface area contributed by atoms with Crippen LogP contribution in [0.15, 0.2) is 0 Å². The summed E-state index contributed by atoms with van der Waals surface area (Å²) in [4.78, 5) is 27.4. The molecule has 0 bridgehead atoms. The Morgan fingerprint density at radius 3 is 2.31 bits per heavy atom. The van der Waals surface area contributed by atoms with Crippen LogP contribution in [0.1, 0.15) is 20.3 Å². The molecule has 78 valence electrons. The van der Waals surface area contributed by atoms with Gasteiger partial charge < -0.3 is 9.79 Å². The molecule has 0 heterocycles. The van der Waals surface area contributed by atoms with E-state index in [1.54, 1.807) is 13.8 Å². The van der Waals surface area contributed by atoms with Crippen LogP contribution in [0, 0.1) is 5.41 Å². The quantitative estimate of drug-likeness (QED) is 0.549. The number of hydrogen-bond donors (Lipinski definition) is 2. The molecule has 13 heavy (non-hydrogen) atoms. The first kappa shape index (κ1) is 13.1. The van der Waals surface area contributed by atoms with Crippen molar-refractivity contribution in [3.8, 4) is 0 Å². The molecule has 0 aromatic rings. The van der Waals surface area contributed by atoms with Crippen LogP contribution >= 0.6 is 19.4 Å². The van der Waals surface area contributed by atoms with E-state index in [2.05, 4.69) is 4.52 Å². The topological polar surface area (TPSA) is 83.8 Å². The van der Waals surface area contributed by atoms with Gasteiger partial charge in [0.15, 0.2) is 0 Å². The van der Waals surface area contributed by atoms with E-state index in [0.717, 1.165) is 0 Å². The molecule has 0 aromatic heterocycles. The Morgan fingerprint density at radius 1 is 1.54 bits per heavy atom. The summed E-state index contributed by atoms with van der Waals surface area (Å²) in [6, 6.07) is 0. The van der Waals surface area contributed by atoms with Gasteiger partial charge in [-0.15, -0.1) is 0 Å². The molecule has 0 saturated carbocycles. The third kappa shape index (κ3) is 6.18. The normalized spacial score (nSPS) is 13.0. The summed E-state index contributed by atoms with van der Waals surface area (Å²) in [7, 11) is -4.44. The molecular formula is C6H12ClO5P. The van der Waals surface area contributed by atoms with Crippen molar-refractivity contribution in [3.05, 3.63) is 0 Å². The Balaban J connectivity index is 3.91. The standard InChI is InChI=1S/C6H12ClO5P/c1-6(2,5(7)8)3-4-12-13(9,10)11/h3-4H2,1-2H3,(H2,9,10,11). The minimum Gasteiger partial charge on any atom is -0.303 e. The molecule has 0 atom stereocenters. The highest BCUT2D eigenvalue weighted by atomic mass is 35.5. The lowest BCUT2D eigenvalue weighted by Crippen LogP contribution is -2.21. The number of carbonyl (C=O) groups is 1. The molecule has 0 aliphatic heterocycles. The van der Waals surface area contributed by atoms with Crippen LogP contribution in [0.2, 0.25) is 0 Å². The minimum absolute atomic E-state index is 0.167. The number of rotatable bonds is 5. The van der Waals surface area contributed by atoms with Crippen LogP contribution in [0.3, 0.4) is 0 Å². The van der Waals surface area contributed by atoms with E-state index in [1.807, 2.05) is 0 Å². The average molecular weight is 231 g/mol. The van der Waals surface area contributed by atoms with E-state index >= 15 is 0 Å². The summed E-state index contributed by atoms with van der Waals surface area (Å²) in [5.74, 6) is 0. The second kappa shape index (κ2) is 4.53. The minimum atomic E-state index is -4.44. The molecule has 0 radical (unpaired) electrons.